The van der Waals surface area contributed by atoms with Gasteiger partial charge in [0.05, 0.1) is 12.1 Å². The first kappa shape index (κ1) is 15.2. The van der Waals surface area contributed by atoms with Crippen molar-refractivity contribution in [1.29, 1.82) is 0 Å². The average molecular weight is 250 g/mol. The van der Waals surface area contributed by atoms with Crippen LogP contribution in [-0.4, -0.2) is 36.2 Å². The van der Waals surface area contributed by atoms with Crippen LogP contribution >= 0.6 is 0 Å². The molecule has 3 nitrogen and oxygen atoms in total. The molecule has 0 aliphatic rings. The Morgan fingerprint density at radius 1 is 1.17 bits per heavy atom. The number of nitrogens with zero attached hydrogens (tertiary/aromatic N) is 1. The van der Waals surface area contributed by atoms with Gasteiger partial charge in [-0.3, -0.25) is 0 Å². The topological polar surface area (TPSA) is 49.5 Å². The Labute approximate surface area is 111 Å². The van der Waals surface area contributed by atoms with Gasteiger partial charge in [0.1, 0.15) is 0 Å². The third-order valence-electron chi connectivity index (χ3n) is 3.49. The number of hydrogen-bond acceptors (Lipinski definition) is 3. The summed E-state index contributed by atoms with van der Waals surface area (Å²) >= 11 is 0. The minimum absolute atomic E-state index is 0.0132. The summed E-state index contributed by atoms with van der Waals surface area (Å²) in [6.07, 6.45) is 1.93. The second-order valence-electron chi connectivity index (χ2n) is 4.86. The van der Waals surface area contributed by atoms with Crippen LogP contribution in [0.3, 0.4) is 0 Å². The van der Waals surface area contributed by atoms with Crippen LogP contribution in [0.1, 0.15) is 32.3 Å². The van der Waals surface area contributed by atoms with Crippen LogP contribution in [-0.2, 0) is 5.54 Å². The Morgan fingerprint density at radius 2 is 1.83 bits per heavy atom. The molecule has 1 aromatic carbocycles. The summed E-state index contributed by atoms with van der Waals surface area (Å²) in [5, 5.41) is 9.61. The van der Waals surface area contributed by atoms with E-state index in [2.05, 4.69) is 18.7 Å². The van der Waals surface area contributed by atoms with Gasteiger partial charge in [0.2, 0.25) is 0 Å². The summed E-state index contributed by atoms with van der Waals surface area (Å²) in [6.45, 7) is 7.38. The molecule has 3 heteroatoms. The zero-order chi connectivity index (χ0) is 13.4. The number of nitrogens with two attached hydrogens (primary N) is 1. The zero-order valence-corrected chi connectivity index (χ0v) is 11.6. The molecule has 0 spiro atoms. The molecule has 1 atom stereocenters. The molecule has 0 fully saturated rings. The molecular formula is C15H26N2O. The number of hydrogen-bond donors (Lipinski definition) is 2. The molecule has 0 aromatic heterocycles. The Balaban J connectivity index is 2.66. The lowest BCUT2D eigenvalue weighted by Crippen LogP contribution is -2.43. The molecule has 102 valence electrons. The molecule has 0 radical (unpaired) electrons. The molecule has 0 bridgehead atoms. The average Bonchev–Trinajstić information content (AvgIpc) is 2.44. The van der Waals surface area contributed by atoms with Gasteiger partial charge >= 0.3 is 0 Å². The molecule has 0 saturated carbocycles. The van der Waals surface area contributed by atoms with Crippen LogP contribution in [0.5, 0.6) is 0 Å². The molecule has 1 rings (SSSR count). The van der Waals surface area contributed by atoms with Crippen molar-refractivity contribution in [3.63, 3.8) is 0 Å². The van der Waals surface area contributed by atoms with E-state index in [1.807, 2.05) is 30.3 Å². The van der Waals surface area contributed by atoms with Gasteiger partial charge in [-0.25, -0.2) is 0 Å². The maximum atomic E-state index is 9.61. The number of benzene rings is 1. The number of aliphatic hydroxyl groups excluding tert-OH is 1. The second kappa shape index (κ2) is 7.52. The van der Waals surface area contributed by atoms with E-state index in [-0.39, 0.29) is 6.61 Å². The Morgan fingerprint density at radius 3 is 2.33 bits per heavy atom. The fourth-order valence-corrected chi connectivity index (χ4v) is 2.19. The second-order valence-corrected chi connectivity index (χ2v) is 4.86. The van der Waals surface area contributed by atoms with E-state index < -0.39 is 5.54 Å². The van der Waals surface area contributed by atoms with Gasteiger partial charge in [0.25, 0.3) is 0 Å². The van der Waals surface area contributed by atoms with E-state index >= 15 is 0 Å². The maximum Gasteiger partial charge on any atom is 0.0656 e. The minimum atomic E-state index is -0.623. The summed E-state index contributed by atoms with van der Waals surface area (Å²) < 4.78 is 0. The third kappa shape index (κ3) is 4.09. The first-order valence-corrected chi connectivity index (χ1v) is 6.84. The highest BCUT2D eigenvalue weighted by molar-refractivity contribution is 5.24. The molecule has 18 heavy (non-hydrogen) atoms. The largest absolute Gasteiger partial charge is 0.394 e. The molecule has 3 N–H and O–H groups in total. The Bertz CT molecular complexity index is 329. The van der Waals surface area contributed by atoms with E-state index in [4.69, 9.17) is 5.73 Å². The van der Waals surface area contributed by atoms with E-state index in [0.717, 1.165) is 38.0 Å². The van der Waals surface area contributed by atoms with Gasteiger partial charge in [-0.2, -0.15) is 0 Å². The normalized spacial score (nSPS) is 14.7. The van der Waals surface area contributed by atoms with Gasteiger partial charge in [-0.1, -0.05) is 44.2 Å². The standard InChI is InChI=1S/C15H26N2O/c1-3-11-17(4-2)12-10-15(16,13-18)14-8-6-5-7-9-14/h5-9,18H,3-4,10-13,16H2,1-2H3. The predicted molar refractivity (Wildman–Crippen MR) is 76.4 cm³/mol. The van der Waals surface area contributed by atoms with Crippen molar-refractivity contribution in [2.45, 2.75) is 32.2 Å². The highest BCUT2D eigenvalue weighted by atomic mass is 16.3. The van der Waals surface area contributed by atoms with Crippen LogP contribution in [0.25, 0.3) is 0 Å². The van der Waals surface area contributed by atoms with Crippen LogP contribution in [0.2, 0.25) is 0 Å². The van der Waals surface area contributed by atoms with Gasteiger partial charge in [-0.05, 0) is 31.5 Å². The SMILES string of the molecule is CCCN(CC)CCC(N)(CO)c1ccccc1. The van der Waals surface area contributed by atoms with Crippen molar-refractivity contribution in [2.24, 2.45) is 5.73 Å². The first-order valence-electron chi connectivity index (χ1n) is 6.84. The molecule has 1 aromatic rings. The monoisotopic (exact) mass is 250 g/mol. The van der Waals surface area contributed by atoms with E-state index in [0.29, 0.717) is 0 Å². The van der Waals surface area contributed by atoms with Gasteiger partial charge < -0.3 is 15.7 Å². The summed E-state index contributed by atoms with van der Waals surface area (Å²) in [5.41, 5.74) is 6.73. The molecule has 0 amide bonds. The summed E-state index contributed by atoms with van der Waals surface area (Å²) in [6, 6.07) is 9.89. The van der Waals surface area contributed by atoms with Crippen molar-refractivity contribution < 1.29 is 5.11 Å². The van der Waals surface area contributed by atoms with Gasteiger partial charge in [0, 0.05) is 6.54 Å². The van der Waals surface area contributed by atoms with Crippen LogP contribution in [0.15, 0.2) is 30.3 Å². The minimum Gasteiger partial charge on any atom is -0.394 e. The smallest absolute Gasteiger partial charge is 0.0656 e. The van der Waals surface area contributed by atoms with Crippen LogP contribution in [0, 0.1) is 0 Å². The van der Waals surface area contributed by atoms with Crippen molar-refractivity contribution in [3.05, 3.63) is 35.9 Å². The van der Waals surface area contributed by atoms with E-state index in [9.17, 15) is 5.11 Å². The lowest BCUT2D eigenvalue weighted by atomic mass is 9.88. The predicted octanol–water partition coefficient (Wildman–Crippen LogP) is 1.95. The number of rotatable bonds is 8. The van der Waals surface area contributed by atoms with Gasteiger partial charge in [0.15, 0.2) is 0 Å². The van der Waals surface area contributed by atoms with Gasteiger partial charge in [-0.15, -0.1) is 0 Å². The molecular weight excluding hydrogens is 224 g/mol. The molecule has 0 heterocycles. The lowest BCUT2D eigenvalue weighted by molar-refractivity contribution is 0.165. The molecule has 0 aliphatic carbocycles. The number of aliphatic hydroxyl groups is 1. The van der Waals surface area contributed by atoms with Crippen molar-refractivity contribution in [3.8, 4) is 0 Å². The van der Waals surface area contributed by atoms with Crippen LogP contribution < -0.4 is 5.73 Å². The van der Waals surface area contributed by atoms with Crippen LogP contribution in [0.4, 0.5) is 0 Å². The molecule has 1 unspecified atom stereocenters. The fraction of sp³-hybridized carbons (Fsp3) is 0.600. The Kier molecular flexibility index (Phi) is 6.33. The maximum absolute atomic E-state index is 9.61. The molecule has 0 saturated heterocycles. The summed E-state index contributed by atoms with van der Waals surface area (Å²) in [5.74, 6) is 0. The van der Waals surface area contributed by atoms with E-state index in [1.165, 1.54) is 0 Å². The zero-order valence-electron chi connectivity index (χ0n) is 11.6. The van der Waals surface area contributed by atoms with E-state index in [1.54, 1.807) is 0 Å². The Hall–Kier alpha value is -0.900. The summed E-state index contributed by atoms with van der Waals surface area (Å²) in [7, 11) is 0. The highest BCUT2D eigenvalue weighted by Crippen LogP contribution is 2.21. The quantitative estimate of drug-likeness (QED) is 0.741. The van der Waals surface area contributed by atoms with Crippen molar-refractivity contribution >= 4 is 0 Å². The lowest BCUT2D eigenvalue weighted by Gasteiger charge is -2.31. The fourth-order valence-electron chi connectivity index (χ4n) is 2.19. The summed E-state index contributed by atoms with van der Waals surface area (Å²) in [4.78, 5) is 2.38. The first-order chi connectivity index (χ1) is 8.66. The third-order valence-corrected chi connectivity index (χ3v) is 3.49. The van der Waals surface area contributed by atoms with Crippen molar-refractivity contribution in [2.75, 3.05) is 26.2 Å². The molecule has 0 aliphatic heterocycles. The highest BCUT2D eigenvalue weighted by Gasteiger charge is 2.26. The van der Waals surface area contributed by atoms with Crippen molar-refractivity contribution in [1.82, 2.24) is 4.90 Å².